The molecule has 1 unspecified atom stereocenters. The van der Waals surface area contributed by atoms with Gasteiger partial charge in [-0.2, -0.15) is 0 Å². The number of hydrogen-bond donors (Lipinski definition) is 2. The van der Waals surface area contributed by atoms with E-state index in [1.165, 1.54) is 12.5 Å². The molecule has 0 fully saturated rings. The zero-order chi connectivity index (χ0) is 16.9. The van der Waals surface area contributed by atoms with Gasteiger partial charge in [-0.3, -0.25) is 9.59 Å². The van der Waals surface area contributed by atoms with Gasteiger partial charge in [0.05, 0.1) is 11.4 Å². The van der Waals surface area contributed by atoms with Gasteiger partial charge in [0.1, 0.15) is 0 Å². The molecule has 0 aromatic heterocycles. The van der Waals surface area contributed by atoms with Crippen molar-refractivity contribution in [1.29, 1.82) is 0 Å². The predicted octanol–water partition coefficient (Wildman–Crippen LogP) is 4.09. The minimum Gasteiger partial charge on any atom is -0.357 e. The van der Waals surface area contributed by atoms with Crippen molar-refractivity contribution in [1.82, 2.24) is 0 Å². The Morgan fingerprint density at radius 1 is 0.958 bits per heavy atom. The van der Waals surface area contributed by atoms with E-state index in [4.69, 9.17) is 0 Å². The fraction of sp³-hybridized carbons (Fsp3) is 0.200. The quantitative estimate of drug-likeness (QED) is 0.892. The third-order valence-electron chi connectivity index (χ3n) is 4.05. The maximum Gasteiger partial charge on any atom is 0.221 e. The number of benzene rings is 2. The Morgan fingerprint density at radius 3 is 2.33 bits per heavy atom. The highest BCUT2D eigenvalue weighted by atomic mass is 16.1. The van der Waals surface area contributed by atoms with Gasteiger partial charge in [0.2, 0.25) is 5.91 Å². The van der Waals surface area contributed by atoms with Crippen molar-refractivity contribution in [3.8, 4) is 0 Å². The third kappa shape index (κ3) is 3.90. The number of ketones is 1. The van der Waals surface area contributed by atoms with Crippen LogP contribution in [-0.2, 0) is 9.59 Å². The molecule has 0 spiro atoms. The van der Waals surface area contributed by atoms with Crippen LogP contribution in [0.2, 0.25) is 0 Å². The van der Waals surface area contributed by atoms with Gasteiger partial charge in [-0.1, -0.05) is 42.5 Å². The average Bonchev–Trinajstić information content (AvgIpc) is 2.56. The van der Waals surface area contributed by atoms with E-state index in [9.17, 15) is 9.59 Å². The number of allylic oxidation sites excluding steroid dienone is 2. The van der Waals surface area contributed by atoms with Gasteiger partial charge in [0, 0.05) is 25.1 Å². The summed E-state index contributed by atoms with van der Waals surface area (Å²) in [7, 11) is 0. The summed E-state index contributed by atoms with van der Waals surface area (Å²) in [6.07, 6.45) is 2.97. The molecule has 2 aromatic rings. The first-order chi connectivity index (χ1) is 11.6. The van der Waals surface area contributed by atoms with Gasteiger partial charge < -0.3 is 10.6 Å². The SMILES string of the molecule is CC(=O)Nc1ccccc1NC1=CC(=O)CC(c2ccccc2)C1. The lowest BCUT2D eigenvalue weighted by Crippen LogP contribution is -2.17. The van der Waals surface area contributed by atoms with E-state index in [0.717, 1.165) is 17.8 Å². The van der Waals surface area contributed by atoms with Crippen molar-refractivity contribution in [2.75, 3.05) is 10.6 Å². The minimum absolute atomic E-state index is 0.120. The summed E-state index contributed by atoms with van der Waals surface area (Å²) in [6, 6.07) is 17.6. The smallest absolute Gasteiger partial charge is 0.221 e. The van der Waals surface area contributed by atoms with Gasteiger partial charge in [-0.05, 0) is 30.0 Å². The van der Waals surface area contributed by atoms with Crippen LogP contribution in [0, 0.1) is 0 Å². The van der Waals surface area contributed by atoms with E-state index in [2.05, 4.69) is 22.8 Å². The normalized spacial score (nSPS) is 17.1. The molecule has 1 aliphatic rings. The highest BCUT2D eigenvalue weighted by Crippen LogP contribution is 2.33. The molecular weight excluding hydrogens is 300 g/mol. The standard InChI is InChI=1S/C20H20N2O2/c1-14(23)21-19-9-5-6-10-20(19)22-17-11-16(12-18(24)13-17)15-7-3-2-4-8-15/h2-10,13,16,22H,11-12H2,1H3,(H,21,23). The second-order valence-corrected chi connectivity index (χ2v) is 6.00. The van der Waals surface area contributed by atoms with E-state index < -0.39 is 0 Å². The van der Waals surface area contributed by atoms with Gasteiger partial charge in [0.25, 0.3) is 0 Å². The lowest BCUT2D eigenvalue weighted by molar-refractivity contribution is -0.115. The van der Waals surface area contributed by atoms with E-state index in [0.29, 0.717) is 12.1 Å². The monoisotopic (exact) mass is 320 g/mol. The Hall–Kier alpha value is -2.88. The van der Waals surface area contributed by atoms with Crippen LogP contribution >= 0.6 is 0 Å². The number of amides is 1. The Morgan fingerprint density at radius 2 is 1.62 bits per heavy atom. The zero-order valence-electron chi connectivity index (χ0n) is 13.6. The van der Waals surface area contributed by atoms with Crippen molar-refractivity contribution >= 4 is 23.1 Å². The van der Waals surface area contributed by atoms with Crippen molar-refractivity contribution in [2.24, 2.45) is 0 Å². The first-order valence-electron chi connectivity index (χ1n) is 8.04. The van der Waals surface area contributed by atoms with Crippen molar-refractivity contribution in [3.05, 3.63) is 71.9 Å². The fourth-order valence-electron chi connectivity index (χ4n) is 3.00. The summed E-state index contributed by atoms with van der Waals surface area (Å²) in [5, 5.41) is 6.11. The Kier molecular flexibility index (Phi) is 4.75. The second kappa shape index (κ2) is 7.13. The van der Waals surface area contributed by atoms with E-state index in [1.54, 1.807) is 6.08 Å². The third-order valence-corrected chi connectivity index (χ3v) is 4.05. The van der Waals surface area contributed by atoms with Crippen LogP contribution in [0.3, 0.4) is 0 Å². The average molecular weight is 320 g/mol. The van der Waals surface area contributed by atoms with Crippen LogP contribution in [-0.4, -0.2) is 11.7 Å². The Labute approximate surface area is 141 Å². The zero-order valence-corrected chi connectivity index (χ0v) is 13.6. The number of para-hydroxylation sites is 2. The molecule has 2 N–H and O–H groups in total. The van der Waals surface area contributed by atoms with Crippen LogP contribution in [0.4, 0.5) is 11.4 Å². The van der Waals surface area contributed by atoms with Crippen LogP contribution in [0.15, 0.2) is 66.4 Å². The van der Waals surface area contributed by atoms with Crippen LogP contribution in [0.5, 0.6) is 0 Å². The van der Waals surface area contributed by atoms with Crippen LogP contribution in [0.1, 0.15) is 31.2 Å². The largest absolute Gasteiger partial charge is 0.357 e. The minimum atomic E-state index is -0.125. The lowest BCUT2D eigenvalue weighted by atomic mass is 9.85. The first kappa shape index (κ1) is 16.0. The molecular formula is C20H20N2O2. The van der Waals surface area contributed by atoms with E-state index in [1.807, 2.05) is 42.5 Å². The van der Waals surface area contributed by atoms with Gasteiger partial charge in [0.15, 0.2) is 5.78 Å². The topological polar surface area (TPSA) is 58.2 Å². The number of nitrogens with one attached hydrogen (secondary N) is 2. The number of carbonyl (C=O) groups excluding carboxylic acids is 2. The second-order valence-electron chi connectivity index (χ2n) is 6.00. The van der Waals surface area contributed by atoms with Crippen molar-refractivity contribution in [2.45, 2.75) is 25.7 Å². The summed E-state index contributed by atoms with van der Waals surface area (Å²) < 4.78 is 0. The summed E-state index contributed by atoms with van der Waals surface area (Å²) in [5.74, 6) is 0.175. The molecule has 4 heteroatoms. The summed E-state index contributed by atoms with van der Waals surface area (Å²) in [6.45, 7) is 1.48. The van der Waals surface area contributed by atoms with Crippen LogP contribution < -0.4 is 10.6 Å². The highest BCUT2D eigenvalue weighted by molar-refractivity contribution is 5.94. The molecule has 4 nitrogen and oxygen atoms in total. The summed E-state index contributed by atoms with van der Waals surface area (Å²) in [5.41, 5.74) is 3.55. The summed E-state index contributed by atoms with van der Waals surface area (Å²) >= 11 is 0. The van der Waals surface area contributed by atoms with Gasteiger partial charge in [-0.25, -0.2) is 0 Å². The number of rotatable bonds is 4. The van der Waals surface area contributed by atoms with E-state index >= 15 is 0 Å². The molecule has 0 saturated heterocycles. The first-order valence-corrected chi connectivity index (χ1v) is 8.04. The maximum absolute atomic E-state index is 12.1. The molecule has 0 heterocycles. The Balaban J connectivity index is 1.80. The molecule has 24 heavy (non-hydrogen) atoms. The molecule has 0 aliphatic heterocycles. The molecule has 1 aliphatic carbocycles. The van der Waals surface area contributed by atoms with E-state index in [-0.39, 0.29) is 17.6 Å². The number of carbonyl (C=O) groups is 2. The molecule has 0 saturated carbocycles. The number of hydrogen-bond acceptors (Lipinski definition) is 3. The molecule has 1 atom stereocenters. The molecule has 1 amide bonds. The van der Waals surface area contributed by atoms with Crippen LogP contribution in [0.25, 0.3) is 0 Å². The summed E-state index contributed by atoms with van der Waals surface area (Å²) in [4.78, 5) is 23.5. The molecule has 2 aromatic carbocycles. The van der Waals surface area contributed by atoms with Crippen molar-refractivity contribution in [3.63, 3.8) is 0 Å². The molecule has 0 bridgehead atoms. The predicted molar refractivity (Wildman–Crippen MR) is 95.9 cm³/mol. The van der Waals surface area contributed by atoms with Crippen molar-refractivity contribution < 1.29 is 9.59 Å². The lowest BCUT2D eigenvalue weighted by Gasteiger charge is -2.24. The molecule has 3 rings (SSSR count). The highest BCUT2D eigenvalue weighted by Gasteiger charge is 2.22. The van der Waals surface area contributed by atoms with Gasteiger partial charge in [-0.15, -0.1) is 0 Å². The fourth-order valence-corrected chi connectivity index (χ4v) is 3.00. The molecule has 122 valence electrons. The Bertz CT molecular complexity index is 781. The maximum atomic E-state index is 12.1. The number of anilines is 2. The molecule has 0 radical (unpaired) electrons. The van der Waals surface area contributed by atoms with Gasteiger partial charge >= 0.3 is 0 Å².